The van der Waals surface area contributed by atoms with Gasteiger partial charge in [0.15, 0.2) is 0 Å². The molecule has 122 valence electrons. The molecule has 1 aliphatic heterocycles. The summed E-state index contributed by atoms with van der Waals surface area (Å²) in [5, 5.41) is 5.79. The first kappa shape index (κ1) is 15.6. The fourth-order valence-electron chi connectivity index (χ4n) is 3.39. The Morgan fingerprint density at radius 2 is 2.23 bits per heavy atom. The van der Waals surface area contributed by atoms with E-state index in [2.05, 4.69) is 10.2 Å². The van der Waals surface area contributed by atoms with Gasteiger partial charge in [-0.05, 0) is 37.7 Å². The Balaban J connectivity index is 1.81. The molecule has 22 heavy (non-hydrogen) atoms. The number of fused-ring (bicyclic) bond motifs is 1. The Morgan fingerprint density at radius 3 is 3.00 bits per heavy atom. The number of sulfonamides is 1. The average molecular weight is 327 g/mol. The lowest BCUT2D eigenvalue weighted by Gasteiger charge is -2.34. The van der Waals surface area contributed by atoms with Crippen LogP contribution in [0, 0.1) is 0 Å². The van der Waals surface area contributed by atoms with Gasteiger partial charge in [0, 0.05) is 25.8 Å². The predicted octanol–water partition coefficient (Wildman–Crippen LogP) is 0.415. The molecule has 3 rings (SSSR count). The summed E-state index contributed by atoms with van der Waals surface area (Å²) < 4.78 is 32.6. The minimum absolute atomic E-state index is 0.0233. The first-order valence-electron chi connectivity index (χ1n) is 7.59. The summed E-state index contributed by atoms with van der Waals surface area (Å²) in [6, 6.07) is 0. The molecule has 1 N–H and O–H groups in total. The Labute approximate surface area is 129 Å². The van der Waals surface area contributed by atoms with Crippen LogP contribution >= 0.6 is 0 Å². The molecule has 0 spiro atoms. The van der Waals surface area contributed by atoms with Gasteiger partial charge in [0.2, 0.25) is 10.0 Å². The van der Waals surface area contributed by atoms with Gasteiger partial charge in [-0.3, -0.25) is 4.79 Å². The topological polar surface area (TPSA) is 92.4 Å². The van der Waals surface area contributed by atoms with Crippen LogP contribution in [0.5, 0.6) is 0 Å². The van der Waals surface area contributed by atoms with Crippen LogP contribution in [-0.4, -0.2) is 47.9 Å². The van der Waals surface area contributed by atoms with Crippen LogP contribution in [0.15, 0.2) is 11.0 Å². The van der Waals surface area contributed by atoms with Crippen LogP contribution in [0.4, 0.5) is 0 Å². The highest BCUT2D eigenvalue weighted by Crippen LogP contribution is 2.30. The van der Waals surface area contributed by atoms with Gasteiger partial charge < -0.3 is 4.74 Å². The minimum atomic E-state index is -3.37. The summed E-state index contributed by atoms with van der Waals surface area (Å²) >= 11 is 0. The van der Waals surface area contributed by atoms with Gasteiger partial charge in [-0.2, -0.15) is 9.40 Å². The Hall–Kier alpha value is -1.25. The molecule has 2 heterocycles. The summed E-state index contributed by atoms with van der Waals surface area (Å²) in [4.78, 5) is 11.7. The summed E-state index contributed by atoms with van der Waals surface area (Å²) in [7, 11) is -1.74. The van der Waals surface area contributed by atoms with E-state index < -0.39 is 10.0 Å². The number of ether oxygens (including phenoxy) is 1. The second-order valence-electron chi connectivity index (χ2n) is 5.98. The highest BCUT2D eigenvalue weighted by Gasteiger charge is 2.37. The Kier molecular flexibility index (Phi) is 4.33. The van der Waals surface area contributed by atoms with Crippen molar-refractivity contribution in [3.8, 4) is 0 Å². The van der Waals surface area contributed by atoms with Crippen molar-refractivity contribution < 1.29 is 13.2 Å². The van der Waals surface area contributed by atoms with Crippen molar-refractivity contribution in [2.75, 3.05) is 13.7 Å². The Bertz CT molecular complexity index is 700. The fourth-order valence-corrected chi connectivity index (χ4v) is 5.40. The van der Waals surface area contributed by atoms with Crippen molar-refractivity contribution >= 4 is 10.0 Å². The van der Waals surface area contributed by atoms with Gasteiger partial charge in [0.25, 0.3) is 5.56 Å². The summed E-state index contributed by atoms with van der Waals surface area (Å²) in [6.45, 7) is 0.597. The lowest BCUT2D eigenvalue weighted by atomic mass is 9.97. The summed E-state index contributed by atoms with van der Waals surface area (Å²) in [5.74, 6) is 0. The van der Waals surface area contributed by atoms with Gasteiger partial charge in [0.05, 0.1) is 17.6 Å². The molecule has 1 aliphatic carbocycles. The van der Waals surface area contributed by atoms with Crippen LogP contribution in [0.25, 0.3) is 0 Å². The number of nitrogens with one attached hydrogen (secondary N) is 1. The molecule has 8 heteroatoms. The van der Waals surface area contributed by atoms with Crippen molar-refractivity contribution in [2.24, 2.45) is 0 Å². The van der Waals surface area contributed by atoms with E-state index in [4.69, 9.17) is 4.74 Å². The van der Waals surface area contributed by atoms with Crippen molar-refractivity contribution in [1.82, 2.24) is 14.5 Å². The predicted molar refractivity (Wildman–Crippen MR) is 80.9 cm³/mol. The van der Waals surface area contributed by atoms with Crippen molar-refractivity contribution in [3.63, 3.8) is 0 Å². The standard InChI is InChI=1S/C14H21N3O4S/c1-21-11-3-2-4-12(7-11)22(19,20)17-6-5-13-10(9-17)8-15-16-14(13)18/h8,11-12H,2-7,9H2,1H3,(H,16,18). The van der Waals surface area contributed by atoms with Crippen LogP contribution in [0.1, 0.15) is 36.8 Å². The smallest absolute Gasteiger partial charge is 0.267 e. The number of hydrogen-bond acceptors (Lipinski definition) is 5. The van der Waals surface area contributed by atoms with Crippen LogP contribution < -0.4 is 5.56 Å². The third kappa shape index (κ3) is 2.82. The second kappa shape index (κ2) is 6.10. The molecule has 0 bridgehead atoms. The number of aromatic nitrogens is 2. The minimum Gasteiger partial charge on any atom is -0.381 e. The second-order valence-corrected chi connectivity index (χ2v) is 8.19. The largest absolute Gasteiger partial charge is 0.381 e. The van der Waals surface area contributed by atoms with Gasteiger partial charge >= 0.3 is 0 Å². The molecule has 2 unspecified atom stereocenters. The third-order valence-electron chi connectivity index (χ3n) is 4.70. The molecule has 0 aromatic carbocycles. The maximum absolute atomic E-state index is 12.9. The van der Waals surface area contributed by atoms with Gasteiger partial charge in [-0.25, -0.2) is 13.5 Å². The molecule has 1 aromatic rings. The molecular formula is C14H21N3O4S. The van der Waals surface area contributed by atoms with E-state index in [0.717, 1.165) is 12.8 Å². The van der Waals surface area contributed by atoms with Gasteiger partial charge in [0.1, 0.15) is 0 Å². The van der Waals surface area contributed by atoms with E-state index in [0.29, 0.717) is 36.9 Å². The quantitative estimate of drug-likeness (QED) is 0.868. The van der Waals surface area contributed by atoms with E-state index in [1.54, 1.807) is 13.3 Å². The molecule has 1 aromatic heterocycles. The number of aromatic amines is 1. The number of H-pyrrole nitrogens is 1. The van der Waals surface area contributed by atoms with E-state index in [-0.39, 0.29) is 23.5 Å². The fraction of sp³-hybridized carbons (Fsp3) is 0.714. The number of methoxy groups -OCH3 is 1. The molecule has 2 aliphatic rings. The first-order chi connectivity index (χ1) is 10.5. The normalized spacial score (nSPS) is 26.6. The monoisotopic (exact) mass is 327 g/mol. The molecular weight excluding hydrogens is 306 g/mol. The first-order valence-corrected chi connectivity index (χ1v) is 9.10. The van der Waals surface area contributed by atoms with Crippen LogP contribution in [0.2, 0.25) is 0 Å². The third-order valence-corrected chi connectivity index (χ3v) is 7.00. The van der Waals surface area contributed by atoms with E-state index >= 15 is 0 Å². The maximum Gasteiger partial charge on any atom is 0.267 e. The summed E-state index contributed by atoms with van der Waals surface area (Å²) in [6.07, 6.45) is 5.03. The highest BCUT2D eigenvalue weighted by molar-refractivity contribution is 7.89. The molecule has 0 amide bonds. The zero-order valence-corrected chi connectivity index (χ0v) is 13.4. The van der Waals surface area contributed by atoms with E-state index in [1.165, 1.54) is 4.31 Å². The molecule has 1 fully saturated rings. The molecule has 0 saturated heterocycles. The SMILES string of the molecule is COC1CCCC(S(=O)(=O)N2CCc3c(cn[nH]c3=O)C2)C1. The molecule has 2 atom stereocenters. The number of nitrogens with zero attached hydrogens (tertiary/aromatic N) is 2. The maximum atomic E-state index is 12.9. The van der Waals surface area contributed by atoms with Gasteiger partial charge in [-0.15, -0.1) is 0 Å². The lowest BCUT2D eigenvalue weighted by Crippen LogP contribution is -2.45. The average Bonchev–Trinajstić information content (AvgIpc) is 2.55. The van der Waals surface area contributed by atoms with E-state index in [9.17, 15) is 13.2 Å². The van der Waals surface area contributed by atoms with Gasteiger partial charge in [-0.1, -0.05) is 0 Å². The molecule has 0 radical (unpaired) electrons. The summed E-state index contributed by atoms with van der Waals surface area (Å²) in [5.41, 5.74) is 1.14. The lowest BCUT2D eigenvalue weighted by molar-refractivity contribution is 0.0713. The number of rotatable bonds is 3. The Morgan fingerprint density at radius 1 is 1.41 bits per heavy atom. The van der Waals surface area contributed by atoms with Crippen LogP contribution in [-0.2, 0) is 27.7 Å². The van der Waals surface area contributed by atoms with Crippen LogP contribution in [0.3, 0.4) is 0 Å². The number of hydrogen-bond donors (Lipinski definition) is 1. The zero-order chi connectivity index (χ0) is 15.7. The molecule has 7 nitrogen and oxygen atoms in total. The van der Waals surface area contributed by atoms with E-state index in [1.807, 2.05) is 0 Å². The zero-order valence-electron chi connectivity index (χ0n) is 12.6. The highest BCUT2D eigenvalue weighted by atomic mass is 32.2. The van der Waals surface area contributed by atoms with Crippen molar-refractivity contribution in [3.05, 3.63) is 27.7 Å². The van der Waals surface area contributed by atoms with Crippen molar-refractivity contribution in [2.45, 2.75) is 50.0 Å². The molecule has 1 saturated carbocycles. The van der Waals surface area contributed by atoms with Crippen molar-refractivity contribution in [1.29, 1.82) is 0 Å².